The molecule has 0 aliphatic rings. The van der Waals surface area contributed by atoms with E-state index in [2.05, 4.69) is 16.5 Å². The highest BCUT2D eigenvalue weighted by atomic mass is 32.1. The lowest BCUT2D eigenvalue weighted by molar-refractivity contribution is 0.628. The molecular weight excluding hydrogens is 187 g/mol. The topological polar surface area (TPSA) is 24.9 Å². The number of rotatable bonds is 2. The number of nitrogens with zero attached hydrogens (tertiary/aromatic N) is 1. The van der Waals surface area contributed by atoms with E-state index in [1.807, 2.05) is 0 Å². The zero-order chi connectivity index (χ0) is 9.10. The summed E-state index contributed by atoms with van der Waals surface area (Å²) in [6, 6.07) is 6.13. The van der Waals surface area contributed by atoms with E-state index >= 15 is 0 Å². The van der Waals surface area contributed by atoms with E-state index in [0.717, 1.165) is 10.8 Å². The number of benzene rings is 1. The van der Waals surface area contributed by atoms with Gasteiger partial charge in [0.1, 0.15) is 12.0 Å². The van der Waals surface area contributed by atoms with E-state index < -0.39 is 0 Å². The van der Waals surface area contributed by atoms with Crippen LogP contribution in [0.5, 0.6) is 0 Å². The van der Waals surface area contributed by atoms with Gasteiger partial charge in [-0.15, -0.1) is 11.3 Å². The van der Waals surface area contributed by atoms with Crippen LogP contribution in [0.15, 0.2) is 29.6 Å². The molecule has 2 nitrogen and oxygen atoms in total. The highest BCUT2D eigenvalue weighted by Crippen LogP contribution is 2.17. The summed E-state index contributed by atoms with van der Waals surface area (Å²) in [4.78, 5) is 3.92. The first kappa shape index (κ1) is 8.19. The molecular formula is C9H6FN2S. The minimum Gasteiger partial charge on any atom is -0.332 e. The molecule has 0 unspecified atom stereocenters. The lowest BCUT2D eigenvalue weighted by Gasteiger charge is -2.00. The van der Waals surface area contributed by atoms with Crippen LogP contribution in [0.1, 0.15) is 0 Å². The third-order valence-corrected chi connectivity index (χ3v) is 2.12. The molecule has 2 rings (SSSR count). The molecule has 1 N–H and O–H groups in total. The van der Waals surface area contributed by atoms with E-state index in [1.165, 1.54) is 23.5 Å². The van der Waals surface area contributed by atoms with Crippen molar-refractivity contribution in [3.05, 3.63) is 41.7 Å². The van der Waals surface area contributed by atoms with Gasteiger partial charge in [0.25, 0.3) is 0 Å². The van der Waals surface area contributed by atoms with Crippen LogP contribution >= 0.6 is 11.3 Å². The van der Waals surface area contributed by atoms with E-state index in [4.69, 9.17) is 0 Å². The van der Waals surface area contributed by atoms with Crippen molar-refractivity contribution in [1.29, 1.82) is 0 Å². The molecule has 0 bridgehead atoms. The smallest absolute Gasteiger partial charge is 0.187 e. The molecule has 0 aliphatic heterocycles. The number of nitrogens with one attached hydrogen (secondary N) is 1. The predicted octanol–water partition coefficient (Wildman–Crippen LogP) is 2.83. The van der Waals surface area contributed by atoms with Crippen LogP contribution in [0.4, 0.5) is 15.2 Å². The van der Waals surface area contributed by atoms with Crippen LogP contribution in [0.2, 0.25) is 0 Å². The Bertz CT molecular complexity index is 369. The minimum absolute atomic E-state index is 0.240. The standard InChI is InChI=1S/C9H6FN2S/c10-7-1-3-8(4-2-7)12-9-11-5-6-13-9/h1-4,6H,(H,11,12). The summed E-state index contributed by atoms with van der Waals surface area (Å²) in [5.74, 6) is -0.240. The molecule has 1 heterocycles. The van der Waals surface area contributed by atoms with Crippen LogP contribution < -0.4 is 5.32 Å². The molecule has 2 aromatic rings. The molecule has 0 saturated carbocycles. The molecule has 0 saturated heterocycles. The number of anilines is 2. The van der Waals surface area contributed by atoms with Crippen molar-refractivity contribution >= 4 is 22.2 Å². The normalized spacial score (nSPS) is 9.92. The fourth-order valence-electron chi connectivity index (χ4n) is 0.908. The van der Waals surface area contributed by atoms with Crippen molar-refractivity contribution in [2.24, 2.45) is 0 Å². The maximum atomic E-state index is 12.5. The molecule has 0 atom stereocenters. The minimum atomic E-state index is -0.240. The molecule has 65 valence electrons. The van der Waals surface area contributed by atoms with E-state index in [1.54, 1.807) is 17.5 Å². The molecule has 1 aromatic heterocycles. The van der Waals surface area contributed by atoms with Gasteiger partial charge in [-0.25, -0.2) is 9.37 Å². The Morgan fingerprint density at radius 2 is 2.08 bits per heavy atom. The number of aromatic nitrogens is 1. The highest BCUT2D eigenvalue weighted by Gasteiger charge is 1.96. The quantitative estimate of drug-likeness (QED) is 0.793. The summed E-state index contributed by atoms with van der Waals surface area (Å²) in [6.45, 7) is 0. The van der Waals surface area contributed by atoms with Gasteiger partial charge in [0.05, 0.1) is 0 Å². The molecule has 13 heavy (non-hydrogen) atoms. The van der Waals surface area contributed by atoms with Crippen LogP contribution in [0.3, 0.4) is 0 Å². The second-order valence-corrected chi connectivity index (χ2v) is 3.27. The summed E-state index contributed by atoms with van der Waals surface area (Å²) in [5.41, 5.74) is 0.824. The highest BCUT2D eigenvalue weighted by molar-refractivity contribution is 7.13. The second-order valence-electron chi connectivity index (χ2n) is 2.41. The summed E-state index contributed by atoms with van der Waals surface area (Å²) in [7, 11) is 0. The first-order valence-electron chi connectivity index (χ1n) is 3.69. The van der Waals surface area contributed by atoms with Gasteiger partial charge < -0.3 is 5.32 Å². The third-order valence-electron chi connectivity index (χ3n) is 1.48. The Balaban J connectivity index is 2.15. The zero-order valence-electron chi connectivity index (χ0n) is 6.62. The Labute approximate surface area is 79.1 Å². The molecule has 4 heteroatoms. The Hall–Kier alpha value is -1.42. The number of hydrogen-bond donors (Lipinski definition) is 1. The molecule has 1 radical (unpaired) electrons. The zero-order valence-corrected chi connectivity index (χ0v) is 7.44. The average Bonchev–Trinajstić information content (AvgIpc) is 2.62. The van der Waals surface area contributed by atoms with E-state index in [0.29, 0.717) is 0 Å². The first-order valence-corrected chi connectivity index (χ1v) is 4.57. The van der Waals surface area contributed by atoms with E-state index in [9.17, 15) is 4.39 Å². The van der Waals surface area contributed by atoms with Crippen molar-refractivity contribution < 1.29 is 4.39 Å². The summed E-state index contributed by atoms with van der Waals surface area (Å²) in [6.07, 6.45) is 2.69. The number of hydrogen-bond acceptors (Lipinski definition) is 3. The fourth-order valence-corrected chi connectivity index (χ4v) is 1.41. The van der Waals surface area contributed by atoms with Gasteiger partial charge in [-0.3, -0.25) is 0 Å². The Morgan fingerprint density at radius 1 is 1.31 bits per heavy atom. The Morgan fingerprint density at radius 3 is 2.69 bits per heavy atom. The lowest BCUT2D eigenvalue weighted by atomic mass is 10.3. The Kier molecular flexibility index (Phi) is 2.23. The van der Waals surface area contributed by atoms with Gasteiger partial charge in [-0.1, -0.05) is 0 Å². The maximum Gasteiger partial charge on any atom is 0.187 e. The van der Waals surface area contributed by atoms with Gasteiger partial charge in [-0.2, -0.15) is 0 Å². The van der Waals surface area contributed by atoms with E-state index in [-0.39, 0.29) is 5.82 Å². The largest absolute Gasteiger partial charge is 0.332 e. The van der Waals surface area contributed by atoms with Gasteiger partial charge in [0, 0.05) is 11.1 Å². The monoisotopic (exact) mass is 193 g/mol. The molecule has 0 aliphatic carbocycles. The van der Waals surface area contributed by atoms with Crippen LogP contribution in [-0.4, -0.2) is 4.98 Å². The lowest BCUT2D eigenvalue weighted by Crippen LogP contribution is -1.88. The van der Waals surface area contributed by atoms with Gasteiger partial charge in [-0.05, 0) is 24.3 Å². The second kappa shape index (κ2) is 3.53. The SMILES string of the molecule is Fc1ccc(Nc2n[c]cs2)cc1. The van der Waals surface area contributed by atoms with Crippen LogP contribution in [0, 0.1) is 12.0 Å². The van der Waals surface area contributed by atoms with Crippen molar-refractivity contribution in [3.63, 3.8) is 0 Å². The summed E-state index contributed by atoms with van der Waals surface area (Å²) < 4.78 is 12.5. The van der Waals surface area contributed by atoms with Crippen molar-refractivity contribution in [2.75, 3.05) is 5.32 Å². The molecule has 0 amide bonds. The summed E-state index contributed by atoms with van der Waals surface area (Å²) in [5, 5.41) is 5.53. The third kappa shape index (κ3) is 2.03. The molecule has 0 fully saturated rings. The van der Waals surface area contributed by atoms with Gasteiger partial charge in [0.2, 0.25) is 0 Å². The van der Waals surface area contributed by atoms with Gasteiger partial charge in [0.15, 0.2) is 5.13 Å². The maximum absolute atomic E-state index is 12.5. The number of thiazole rings is 1. The van der Waals surface area contributed by atoms with Crippen molar-refractivity contribution in [2.45, 2.75) is 0 Å². The van der Waals surface area contributed by atoms with Crippen LogP contribution in [-0.2, 0) is 0 Å². The van der Waals surface area contributed by atoms with Gasteiger partial charge >= 0.3 is 0 Å². The molecule has 1 aromatic carbocycles. The first-order chi connectivity index (χ1) is 6.34. The predicted molar refractivity (Wildman–Crippen MR) is 50.6 cm³/mol. The fraction of sp³-hybridized carbons (Fsp3) is 0. The van der Waals surface area contributed by atoms with Crippen molar-refractivity contribution in [1.82, 2.24) is 4.98 Å². The van der Waals surface area contributed by atoms with Crippen LogP contribution in [0.25, 0.3) is 0 Å². The van der Waals surface area contributed by atoms with Crippen molar-refractivity contribution in [3.8, 4) is 0 Å². The number of halogens is 1. The molecule has 0 spiro atoms. The average molecular weight is 193 g/mol. The summed E-state index contributed by atoms with van der Waals surface area (Å²) >= 11 is 1.45.